The van der Waals surface area contributed by atoms with Gasteiger partial charge in [0, 0.05) is 6.54 Å². The first kappa shape index (κ1) is 8.99. The molecule has 12 heavy (non-hydrogen) atoms. The van der Waals surface area contributed by atoms with Gasteiger partial charge in [0.2, 0.25) is 0 Å². The van der Waals surface area contributed by atoms with Crippen LogP contribution in [0.25, 0.3) is 0 Å². The van der Waals surface area contributed by atoms with Crippen molar-refractivity contribution in [1.29, 1.82) is 0 Å². The molecule has 0 fully saturated rings. The standard InChI is InChI=1S/C7H10N2O2S/c1-3-8-7-9-4-5(12-7)6(10)11-2/h4H,3H2,1-2H3,(H,8,9). The van der Waals surface area contributed by atoms with Crippen LogP contribution in [0.4, 0.5) is 5.13 Å². The van der Waals surface area contributed by atoms with Gasteiger partial charge in [-0.15, -0.1) is 0 Å². The Morgan fingerprint density at radius 3 is 3.17 bits per heavy atom. The van der Waals surface area contributed by atoms with Gasteiger partial charge in [-0.1, -0.05) is 11.3 Å². The van der Waals surface area contributed by atoms with E-state index >= 15 is 0 Å². The van der Waals surface area contributed by atoms with E-state index < -0.39 is 0 Å². The van der Waals surface area contributed by atoms with Crippen LogP contribution in [0.15, 0.2) is 6.20 Å². The number of hydrogen-bond donors (Lipinski definition) is 1. The van der Waals surface area contributed by atoms with Crippen molar-refractivity contribution in [1.82, 2.24) is 4.98 Å². The monoisotopic (exact) mass is 186 g/mol. The first-order valence-electron chi connectivity index (χ1n) is 3.56. The summed E-state index contributed by atoms with van der Waals surface area (Å²) in [7, 11) is 1.36. The molecule has 0 saturated carbocycles. The number of esters is 1. The van der Waals surface area contributed by atoms with E-state index in [0.717, 1.165) is 11.7 Å². The predicted molar refractivity (Wildman–Crippen MR) is 47.6 cm³/mol. The lowest BCUT2D eigenvalue weighted by molar-refractivity contribution is 0.0606. The minimum absolute atomic E-state index is 0.336. The predicted octanol–water partition coefficient (Wildman–Crippen LogP) is 1.36. The average Bonchev–Trinajstić information content (AvgIpc) is 2.52. The molecule has 0 bridgehead atoms. The molecule has 5 heteroatoms. The van der Waals surface area contributed by atoms with Gasteiger partial charge in [0.25, 0.3) is 0 Å². The van der Waals surface area contributed by atoms with Crippen molar-refractivity contribution in [3.8, 4) is 0 Å². The molecule has 0 aliphatic heterocycles. The second-order valence-electron chi connectivity index (χ2n) is 2.05. The second kappa shape index (κ2) is 4.06. The SMILES string of the molecule is CCNc1ncc(C(=O)OC)s1. The molecule has 1 aromatic heterocycles. The Kier molecular flexibility index (Phi) is 3.04. The van der Waals surface area contributed by atoms with Gasteiger partial charge in [0.1, 0.15) is 4.88 Å². The molecule has 1 heterocycles. The third kappa shape index (κ3) is 1.94. The van der Waals surface area contributed by atoms with Crippen LogP contribution in [0, 0.1) is 0 Å². The van der Waals surface area contributed by atoms with Gasteiger partial charge in [-0.05, 0) is 6.92 Å². The van der Waals surface area contributed by atoms with Crippen molar-refractivity contribution < 1.29 is 9.53 Å². The highest BCUT2D eigenvalue weighted by Gasteiger charge is 2.09. The molecule has 0 unspecified atom stereocenters. The topological polar surface area (TPSA) is 51.2 Å². The number of rotatable bonds is 3. The van der Waals surface area contributed by atoms with Crippen molar-refractivity contribution in [2.75, 3.05) is 19.0 Å². The number of aromatic nitrogens is 1. The third-order valence-corrected chi connectivity index (χ3v) is 2.16. The summed E-state index contributed by atoms with van der Waals surface area (Å²) in [4.78, 5) is 15.5. The van der Waals surface area contributed by atoms with E-state index in [2.05, 4.69) is 15.0 Å². The third-order valence-electron chi connectivity index (χ3n) is 1.22. The summed E-state index contributed by atoms with van der Waals surface area (Å²) in [5, 5.41) is 3.75. The van der Waals surface area contributed by atoms with E-state index in [-0.39, 0.29) is 5.97 Å². The Balaban J connectivity index is 2.70. The van der Waals surface area contributed by atoms with Gasteiger partial charge < -0.3 is 10.1 Å². The Hall–Kier alpha value is -1.10. The van der Waals surface area contributed by atoms with Gasteiger partial charge in [-0.3, -0.25) is 0 Å². The van der Waals surface area contributed by atoms with E-state index in [1.807, 2.05) is 6.92 Å². The lowest BCUT2D eigenvalue weighted by Crippen LogP contribution is -1.97. The second-order valence-corrected chi connectivity index (χ2v) is 3.08. The van der Waals surface area contributed by atoms with E-state index in [1.165, 1.54) is 24.6 Å². The molecule has 0 aromatic carbocycles. The molecular formula is C7H10N2O2S. The minimum atomic E-state index is -0.336. The summed E-state index contributed by atoms with van der Waals surface area (Å²) in [5.74, 6) is -0.336. The molecule has 1 rings (SSSR count). The lowest BCUT2D eigenvalue weighted by atomic mass is 10.6. The maximum absolute atomic E-state index is 11.0. The number of methoxy groups -OCH3 is 1. The summed E-state index contributed by atoms with van der Waals surface area (Å²) >= 11 is 1.29. The first-order chi connectivity index (χ1) is 5.77. The maximum Gasteiger partial charge on any atom is 0.349 e. The molecule has 0 aliphatic rings. The molecule has 0 amide bonds. The Morgan fingerprint density at radius 1 is 1.83 bits per heavy atom. The minimum Gasteiger partial charge on any atom is -0.465 e. The van der Waals surface area contributed by atoms with Crippen LogP contribution in [-0.4, -0.2) is 24.6 Å². The summed E-state index contributed by atoms with van der Waals surface area (Å²) in [6.07, 6.45) is 1.51. The fraction of sp³-hybridized carbons (Fsp3) is 0.429. The van der Waals surface area contributed by atoms with Crippen molar-refractivity contribution in [3.05, 3.63) is 11.1 Å². The molecule has 0 radical (unpaired) electrons. The Labute approximate surface area is 74.6 Å². The van der Waals surface area contributed by atoms with Crippen molar-refractivity contribution in [2.45, 2.75) is 6.92 Å². The number of hydrogen-bond acceptors (Lipinski definition) is 5. The Morgan fingerprint density at radius 2 is 2.58 bits per heavy atom. The van der Waals surface area contributed by atoms with Gasteiger partial charge in [-0.25, -0.2) is 9.78 Å². The van der Waals surface area contributed by atoms with E-state index in [0.29, 0.717) is 4.88 Å². The molecule has 1 N–H and O–H groups in total. The van der Waals surface area contributed by atoms with Gasteiger partial charge in [-0.2, -0.15) is 0 Å². The zero-order valence-corrected chi connectivity index (χ0v) is 7.77. The van der Waals surface area contributed by atoms with Crippen LogP contribution in [-0.2, 0) is 4.74 Å². The first-order valence-corrected chi connectivity index (χ1v) is 4.37. The van der Waals surface area contributed by atoms with Crippen molar-refractivity contribution in [2.24, 2.45) is 0 Å². The van der Waals surface area contributed by atoms with Crippen LogP contribution in [0.3, 0.4) is 0 Å². The van der Waals surface area contributed by atoms with Crippen LogP contribution in [0.2, 0.25) is 0 Å². The molecule has 0 saturated heterocycles. The summed E-state index contributed by atoms with van der Waals surface area (Å²) in [6, 6.07) is 0. The fourth-order valence-electron chi connectivity index (χ4n) is 0.702. The molecule has 0 aliphatic carbocycles. The number of carbonyl (C=O) groups excluding carboxylic acids is 1. The van der Waals surface area contributed by atoms with Gasteiger partial charge >= 0.3 is 5.97 Å². The number of anilines is 1. The normalized spacial score (nSPS) is 9.50. The highest BCUT2D eigenvalue weighted by molar-refractivity contribution is 7.17. The molecule has 4 nitrogen and oxygen atoms in total. The smallest absolute Gasteiger partial charge is 0.349 e. The fourth-order valence-corrected chi connectivity index (χ4v) is 1.50. The molecule has 0 atom stereocenters. The number of carbonyl (C=O) groups is 1. The summed E-state index contributed by atoms with van der Waals surface area (Å²) in [5.41, 5.74) is 0. The number of ether oxygens (including phenoxy) is 1. The zero-order chi connectivity index (χ0) is 8.97. The van der Waals surface area contributed by atoms with E-state index in [9.17, 15) is 4.79 Å². The number of thiazole rings is 1. The van der Waals surface area contributed by atoms with Crippen LogP contribution >= 0.6 is 11.3 Å². The van der Waals surface area contributed by atoms with Crippen molar-refractivity contribution in [3.63, 3.8) is 0 Å². The largest absolute Gasteiger partial charge is 0.465 e. The molecule has 1 aromatic rings. The maximum atomic E-state index is 11.0. The zero-order valence-electron chi connectivity index (χ0n) is 6.96. The van der Waals surface area contributed by atoms with Gasteiger partial charge in [0.05, 0.1) is 13.3 Å². The van der Waals surface area contributed by atoms with E-state index in [4.69, 9.17) is 0 Å². The number of nitrogens with zero attached hydrogens (tertiary/aromatic N) is 1. The van der Waals surface area contributed by atoms with E-state index in [1.54, 1.807) is 0 Å². The van der Waals surface area contributed by atoms with Crippen molar-refractivity contribution >= 4 is 22.4 Å². The molecule has 66 valence electrons. The molecule has 0 spiro atoms. The Bertz CT molecular complexity index is 272. The lowest BCUT2D eigenvalue weighted by Gasteiger charge is -1.93. The highest BCUT2D eigenvalue weighted by Crippen LogP contribution is 2.17. The van der Waals surface area contributed by atoms with Crippen LogP contribution in [0.5, 0.6) is 0 Å². The van der Waals surface area contributed by atoms with Gasteiger partial charge in [0.15, 0.2) is 5.13 Å². The number of nitrogens with one attached hydrogen (secondary N) is 1. The summed E-state index contributed by atoms with van der Waals surface area (Å²) < 4.78 is 4.53. The quantitative estimate of drug-likeness (QED) is 0.724. The summed E-state index contributed by atoms with van der Waals surface area (Å²) in [6.45, 7) is 2.77. The van der Waals surface area contributed by atoms with Crippen LogP contribution in [0.1, 0.15) is 16.6 Å². The van der Waals surface area contributed by atoms with Crippen LogP contribution < -0.4 is 5.32 Å². The average molecular weight is 186 g/mol. The molecular weight excluding hydrogens is 176 g/mol. The highest BCUT2D eigenvalue weighted by atomic mass is 32.1.